The SMILES string of the molecule is COc1ccc(NC(=O)N2Cc3c(OC)ccc(OC)c3[C@H](O)C2)cc1. The number of nitrogens with one attached hydrogen (secondary N) is 1. The van der Waals surface area contributed by atoms with Crippen molar-refractivity contribution in [2.24, 2.45) is 0 Å². The van der Waals surface area contributed by atoms with Crippen LogP contribution in [0.5, 0.6) is 17.2 Å². The van der Waals surface area contributed by atoms with Gasteiger partial charge in [-0.05, 0) is 36.4 Å². The van der Waals surface area contributed by atoms with Gasteiger partial charge in [0.2, 0.25) is 0 Å². The molecule has 0 spiro atoms. The number of ether oxygens (including phenoxy) is 3. The van der Waals surface area contributed by atoms with Crippen molar-refractivity contribution in [3.8, 4) is 17.2 Å². The van der Waals surface area contributed by atoms with Crippen LogP contribution in [-0.4, -0.2) is 43.9 Å². The first-order valence-corrected chi connectivity index (χ1v) is 8.19. The number of amides is 2. The van der Waals surface area contributed by atoms with Crippen molar-refractivity contribution in [1.29, 1.82) is 0 Å². The Morgan fingerprint density at radius 1 is 1.04 bits per heavy atom. The summed E-state index contributed by atoms with van der Waals surface area (Å²) in [5.41, 5.74) is 2.06. The fourth-order valence-electron chi connectivity index (χ4n) is 3.11. The second-order valence-electron chi connectivity index (χ2n) is 5.92. The standard InChI is InChI=1S/C19H22N2O5/c1-24-13-6-4-12(5-7-13)20-19(23)21-10-14-16(25-2)8-9-17(26-3)18(14)15(22)11-21/h4-9,15,22H,10-11H2,1-3H3,(H,20,23)/t15-/m1/s1. The van der Waals surface area contributed by atoms with Gasteiger partial charge in [0.05, 0.1) is 34.4 Å². The molecule has 2 N–H and O–H groups in total. The molecule has 7 heteroatoms. The Morgan fingerprint density at radius 3 is 2.31 bits per heavy atom. The van der Waals surface area contributed by atoms with Gasteiger partial charge in [0.1, 0.15) is 23.4 Å². The molecule has 1 heterocycles. The summed E-state index contributed by atoms with van der Waals surface area (Å²) >= 11 is 0. The number of β-amino-alcohol motifs (C(OH)–C–C–N with tert-alkyl or cyclic N) is 1. The van der Waals surface area contributed by atoms with Crippen LogP contribution >= 0.6 is 0 Å². The summed E-state index contributed by atoms with van der Waals surface area (Å²) < 4.78 is 15.9. The van der Waals surface area contributed by atoms with Gasteiger partial charge in [-0.3, -0.25) is 0 Å². The number of methoxy groups -OCH3 is 3. The fraction of sp³-hybridized carbons (Fsp3) is 0.316. The van der Waals surface area contributed by atoms with Crippen LogP contribution in [0.25, 0.3) is 0 Å². The highest BCUT2D eigenvalue weighted by atomic mass is 16.5. The molecule has 2 aromatic carbocycles. The number of anilines is 1. The van der Waals surface area contributed by atoms with Gasteiger partial charge in [0, 0.05) is 16.8 Å². The Bertz CT molecular complexity index is 791. The molecule has 138 valence electrons. The Morgan fingerprint density at radius 2 is 1.69 bits per heavy atom. The van der Waals surface area contributed by atoms with Crippen molar-refractivity contribution in [2.75, 3.05) is 33.2 Å². The number of carbonyl (C=O) groups excluding carboxylic acids is 1. The molecule has 0 bridgehead atoms. The number of rotatable bonds is 4. The minimum atomic E-state index is -0.856. The Kier molecular flexibility index (Phi) is 5.18. The first-order chi connectivity index (χ1) is 12.6. The lowest BCUT2D eigenvalue weighted by molar-refractivity contribution is 0.105. The van der Waals surface area contributed by atoms with Crippen LogP contribution in [0, 0.1) is 0 Å². The maximum Gasteiger partial charge on any atom is 0.322 e. The Labute approximate surface area is 152 Å². The summed E-state index contributed by atoms with van der Waals surface area (Å²) in [6.45, 7) is 0.479. The largest absolute Gasteiger partial charge is 0.497 e. The van der Waals surface area contributed by atoms with E-state index in [-0.39, 0.29) is 12.6 Å². The van der Waals surface area contributed by atoms with Crippen molar-refractivity contribution in [3.63, 3.8) is 0 Å². The molecule has 3 rings (SSSR count). The molecule has 0 aliphatic carbocycles. The molecule has 2 amide bonds. The van der Waals surface area contributed by atoms with Crippen LogP contribution in [0.2, 0.25) is 0 Å². The number of carbonyl (C=O) groups is 1. The second-order valence-corrected chi connectivity index (χ2v) is 5.92. The Hall–Kier alpha value is -2.93. The highest BCUT2D eigenvalue weighted by Crippen LogP contribution is 2.39. The lowest BCUT2D eigenvalue weighted by atomic mass is 9.95. The lowest BCUT2D eigenvalue weighted by Gasteiger charge is -2.34. The van der Waals surface area contributed by atoms with Crippen molar-refractivity contribution in [2.45, 2.75) is 12.6 Å². The molecule has 1 aliphatic rings. The highest BCUT2D eigenvalue weighted by Gasteiger charge is 2.31. The van der Waals surface area contributed by atoms with Gasteiger partial charge in [0.25, 0.3) is 0 Å². The average molecular weight is 358 g/mol. The molecule has 1 atom stereocenters. The van der Waals surface area contributed by atoms with E-state index in [4.69, 9.17) is 14.2 Å². The normalized spacial score (nSPS) is 15.8. The predicted molar refractivity (Wildman–Crippen MR) is 96.9 cm³/mol. The van der Waals surface area contributed by atoms with Crippen LogP contribution in [-0.2, 0) is 6.54 Å². The van der Waals surface area contributed by atoms with Crippen molar-refractivity contribution in [3.05, 3.63) is 47.5 Å². The van der Waals surface area contributed by atoms with Crippen LogP contribution < -0.4 is 19.5 Å². The molecule has 7 nitrogen and oxygen atoms in total. The number of aliphatic hydroxyl groups excluding tert-OH is 1. The van der Waals surface area contributed by atoms with Gasteiger partial charge in [-0.25, -0.2) is 4.79 Å². The zero-order valence-electron chi connectivity index (χ0n) is 15.0. The molecule has 26 heavy (non-hydrogen) atoms. The van der Waals surface area contributed by atoms with E-state index < -0.39 is 6.10 Å². The van der Waals surface area contributed by atoms with Gasteiger partial charge in [-0.1, -0.05) is 0 Å². The predicted octanol–water partition coefficient (Wildman–Crippen LogP) is 2.79. The van der Waals surface area contributed by atoms with Crippen LogP contribution in [0.3, 0.4) is 0 Å². The van der Waals surface area contributed by atoms with Crippen LogP contribution in [0.1, 0.15) is 17.2 Å². The van der Waals surface area contributed by atoms with Gasteiger partial charge >= 0.3 is 6.03 Å². The number of fused-ring (bicyclic) bond motifs is 1. The van der Waals surface area contributed by atoms with Crippen molar-refractivity contribution >= 4 is 11.7 Å². The number of aliphatic hydroxyl groups is 1. The summed E-state index contributed by atoms with van der Waals surface area (Å²) in [5.74, 6) is 1.91. The van der Waals surface area contributed by atoms with Gasteiger partial charge in [-0.15, -0.1) is 0 Å². The number of urea groups is 1. The van der Waals surface area contributed by atoms with E-state index in [1.54, 1.807) is 62.6 Å². The van der Waals surface area contributed by atoms with Crippen LogP contribution in [0.4, 0.5) is 10.5 Å². The molecular weight excluding hydrogens is 336 g/mol. The molecule has 1 aliphatic heterocycles. The van der Waals surface area contributed by atoms with E-state index in [1.165, 1.54) is 0 Å². The fourth-order valence-corrected chi connectivity index (χ4v) is 3.11. The second kappa shape index (κ2) is 7.53. The molecule has 0 fully saturated rings. The number of nitrogens with zero attached hydrogens (tertiary/aromatic N) is 1. The molecule has 0 radical (unpaired) electrons. The van der Waals surface area contributed by atoms with E-state index in [9.17, 15) is 9.90 Å². The molecule has 2 aromatic rings. The maximum absolute atomic E-state index is 12.6. The first-order valence-electron chi connectivity index (χ1n) is 8.19. The molecule has 0 unspecified atom stereocenters. The topological polar surface area (TPSA) is 80.3 Å². The third-order valence-corrected chi connectivity index (χ3v) is 4.42. The van der Waals surface area contributed by atoms with E-state index in [2.05, 4.69) is 5.32 Å². The molecular formula is C19H22N2O5. The first kappa shape index (κ1) is 17.9. The highest BCUT2D eigenvalue weighted by molar-refractivity contribution is 5.89. The summed E-state index contributed by atoms with van der Waals surface area (Å²) in [4.78, 5) is 14.2. The molecule has 0 saturated carbocycles. The van der Waals surface area contributed by atoms with Gasteiger partial charge in [0.15, 0.2) is 0 Å². The van der Waals surface area contributed by atoms with Crippen molar-refractivity contribution in [1.82, 2.24) is 4.90 Å². The zero-order valence-corrected chi connectivity index (χ0v) is 15.0. The average Bonchev–Trinajstić information content (AvgIpc) is 2.67. The van der Waals surface area contributed by atoms with E-state index in [1.807, 2.05) is 0 Å². The summed E-state index contributed by atoms with van der Waals surface area (Å²) in [7, 11) is 4.70. The van der Waals surface area contributed by atoms with Crippen LogP contribution in [0.15, 0.2) is 36.4 Å². The molecule has 0 aromatic heterocycles. The monoisotopic (exact) mass is 358 g/mol. The van der Waals surface area contributed by atoms with Gasteiger partial charge < -0.3 is 29.5 Å². The number of hydrogen-bond donors (Lipinski definition) is 2. The minimum Gasteiger partial charge on any atom is -0.497 e. The quantitative estimate of drug-likeness (QED) is 0.878. The number of hydrogen-bond acceptors (Lipinski definition) is 5. The zero-order chi connectivity index (χ0) is 18.7. The summed E-state index contributed by atoms with van der Waals surface area (Å²) in [6.07, 6.45) is -0.856. The molecule has 0 saturated heterocycles. The third kappa shape index (κ3) is 3.39. The number of benzene rings is 2. The van der Waals surface area contributed by atoms with E-state index in [0.717, 1.165) is 5.56 Å². The van der Waals surface area contributed by atoms with Gasteiger partial charge in [-0.2, -0.15) is 0 Å². The van der Waals surface area contributed by atoms with E-state index >= 15 is 0 Å². The van der Waals surface area contributed by atoms with Crippen molar-refractivity contribution < 1.29 is 24.1 Å². The third-order valence-electron chi connectivity index (χ3n) is 4.42. The minimum absolute atomic E-state index is 0.165. The lowest BCUT2D eigenvalue weighted by Crippen LogP contribution is -2.41. The summed E-state index contributed by atoms with van der Waals surface area (Å²) in [5, 5.41) is 13.4. The Balaban J connectivity index is 1.82. The summed E-state index contributed by atoms with van der Waals surface area (Å²) in [6, 6.07) is 10.3. The maximum atomic E-state index is 12.6. The van der Waals surface area contributed by atoms with E-state index in [0.29, 0.717) is 35.0 Å². The smallest absolute Gasteiger partial charge is 0.322 e.